The first kappa shape index (κ1) is 20.7. The lowest BCUT2D eigenvalue weighted by molar-refractivity contribution is -0.282. The van der Waals surface area contributed by atoms with E-state index in [4.69, 9.17) is 0 Å². The van der Waals surface area contributed by atoms with E-state index in [1.54, 1.807) is 6.92 Å². The van der Waals surface area contributed by atoms with Crippen molar-refractivity contribution in [2.24, 2.45) is 0 Å². The number of hydrogen-bond donors (Lipinski definition) is 0. The van der Waals surface area contributed by atoms with Crippen LogP contribution >= 0.6 is 9.24 Å². The minimum Gasteiger partial charge on any atom is -0.550 e. The minimum atomic E-state index is -1.46. The Kier molecular flexibility index (Phi) is 8.03. The summed E-state index contributed by atoms with van der Waals surface area (Å²) in [6.07, 6.45) is -0.400. The number of hydrogen-bond acceptors (Lipinski definition) is 3. The van der Waals surface area contributed by atoms with E-state index in [9.17, 15) is 9.90 Å². The van der Waals surface area contributed by atoms with Crippen LogP contribution in [0.1, 0.15) is 23.6 Å². The van der Waals surface area contributed by atoms with E-state index in [1.807, 2.05) is 9.24 Å². The van der Waals surface area contributed by atoms with Crippen LogP contribution in [-0.4, -0.2) is 18.9 Å². The summed E-state index contributed by atoms with van der Waals surface area (Å²) < 4.78 is 3.85. The Labute approximate surface area is 163 Å². The van der Waals surface area contributed by atoms with Gasteiger partial charge >= 0.3 is 0 Å². The molecule has 0 fully saturated rings. The zero-order valence-electron chi connectivity index (χ0n) is 15.5. The van der Waals surface area contributed by atoms with Crippen molar-refractivity contribution in [2.75, 3.05) is 12.8 Å². The monoisotopic (exact) mass is 380 g/mol. The SMILES string of the molecule is CCOC(=O)[O-].[PH3+]CC(c1ccccc1)(c1ccccc1)c1ccccc1. The molecule has 3 aromatic carbocycles. The molecule has 0 radical (unpaired) electrons. The highest BCUT2D eigenvalue weighted by atomic mass is 31.0. The topological polar surface area (TPSA) is 49.4 Å². The molecule has 0 amide bonds. The normalized spacial score (nSPS) is 10.6. The Morgan fingerprint density at radius 3 is 1.33 bits per heavy atom. The summed E-state index contributed by atoms with van der Waals surface area (Å²) in [5, 5.41) is 9.27. The number of carboxylic acid groups (broad SMARTS) is 1. The Hall–Kier alpha value is -2.64. The molecule has 0 aliphatic carbocycles. The van der Waals surface area contributed by atoms with Crippen molar-refractivity contribution in [2.45, 2.75) is 12.3 Å². The first-order chi connectivity index (χ1) is 13.1. The first-order valence-electron chi connectivity index (χ1n) is 8.94. The van der Waals surface area contributed by atoms with Crippen molar-refractivity contribution in [3.05, 3.63) is 108 Å². The van der Waals surface area contributed by atoms with E-state index in [0.717, 1.165) is 6.16 Å². The van der Waals surface area contributed by atoms with E-state index >= 15 is 0 Å². The molecule has 0 saturated heterocycles. The van der Waals surface area contributed by atoms with Gasteiger partial charge in [0.05, 0.1) is 11.6 Å². The van der Waals surface area contributed by atoms with Crippen LogP contribution in [0.3, 0.4) is 0 Å². The van der Waals surface area contributed by atoms with E-state index in [1.165, 1.54) is 16.7 Å². The zero-order chi connectivity index (χ0) is 19.5. The Balaban J connectivity index is 0.000000380. The van der Waals surface area contributed by atoms with E-state index in [2.05, 4.69) is 95.7 Å². The van der Waals surface area contributed by atoms with Gasteiger partial charge in [0.1, 0.15) is 0 Å². The number of ether oxygens (including phenoxy) is 1. The molecule has 0 heterocycles. The van der Waals surface area contributed by atoms with Gasteiger partial charge < -0.3 is 14.6 Å². The molecular formula is C23H25O3P. The molecule has 0 saturated carbocycles. The molecule has 0 bridgehead atoms. The molecule has 3 aromatic rings. The van der Waals surface area contributed by atoms with E-state index in [0.29, 0.717) is 0 Å². The molecule has 4 heteroatoms. The molecule has 3 rings (SSSR count). The Bertz CT molecular complexity index is 708. The van der Waals surface area contributed by atoms with Gasteiger partial charge in [-0.15, -0.1) is 0 Å². The van der Waals surface area contributed by atoms with Gasteiger partial charge in [-0.1, -0.05) is 91.0 Å². The smallest absolute Gasteiger partial charge is 0.251 e. The Morgan fingerprint density at radius 1 is 0.815 bits per heavy atom. The van der Waals surface area contributed by atoms with E-state index in [-0.39, 0.29) is 12.0 Å². The van der Waals surface area contributed by atoms with Gasteiger partial charge in [-0.3, -0.25) is 0 Å². The van der Waals surface area contributed by atoms with Crippen LogP contribution in [-0.2, 0) is 10.2 Å². The summed E-state index contributed by atoms with van der Waals surface area (Å²) in [5.74, 6) is 0. The highest BCUT2D eigenvalue weighted by molar-refractivity contribution is 7.16. The average Bonchev–Trinajstić information content (AvgIpc) is 2.72. The third-order valence-electron chi connectivity index (χ3n) is 4.44. The van der Waals surface area contributed by atoms with Crippen molar-refractivity contribution in [1.82, 2.24) is 0 Å². The highest BCUT2D eigenvalue weighted by Gasteiger charge is 2.36. The first-order valence-corrected chi connectivity index (χ1v) is 9.94. The van der Waals surface area contributed by atoms with Gasteiger partial charge in [0.25, 0.3) is 6.16 Å². The minimum absolute atomic E-state index is 0.0672. The molecule has 0 aliphatic rings. The number of rotatable bonds is 5. The quantitative estimate of drug-likeness (QED) is 0.382. The van der Waals surface area contributed by atoms with Crippen LogP contribution in [0.5, 0.6) is 0 Å². The van der Waals surface area contributed by atoms with Crippen LogP contribution in [0.25, 0.3) is 0 Å². The summed E-state index contributed by atoms with van der Waals surface area (Å²) in [5.41, 5.74) is 4.01. The van der Waals surface area contributed by atoms with Gasteiger partial charge in [0.2, 0.25) is 0 Å². The van der Waals surface area contributed by atoms with Gasteiger partial charge in [0, 0.05) is 6.61 Å². The van der Waals surface area contributed by atoms with Crippen LogP contribution in [0.4, 0.5) is 4.79 Å². The van der Waals surface area contributed by atoms with Crippen molar-refractivity contribution in [1.29, 1.82) is 0 Å². The van der Waals surface area contributed by atoms with Crippen molar-refractivity contribution in [3.8, 4) is 0 Å². The molecule has 27 heavy (non-hydrogen) atoms. The van der Waals surface area contributed by atoms with Crippen LogP contribution < -0.4 is 5.11 Å². The molecule has 0 spiro atoms. The van der Waals surface area contributed by atoms with Crippen molar-refractivity contribution in [3.63, 3.8) is 0 Å². The maximum absolute atomic E-state index is 9.27. The van der Waals surface area contributed by atoms with Gasteiger partial charge in [0.15, 0.2) is 0 Å². The fourth-order valence-corrected chi connectivity index (χ4v) is 4.08. The summed E-state index contributed by atoms with van der Waals surface area (Å²) in [7, 11) is 2.05. The number of carbonyl (C=O) groups is 1. The third-order valence-corrected chi connectivity index (χ3v) is 5.19. The number of benzene rings is 3. The largest absolute Gasteiger partial charge is 0.550 e. The predicted molar refractivity (Wildman–Crippen MR) is 112 cm³/mol. The number of carbonyl (C=O) groups excluding carboxylic acids is 1. The molecule has 0 aliphatic heterocycles. The average molecular weight is 380 g/mol. The van der Waals surface area contributed by atoms with Crippen LogP contribution in [0.15, 0.2) is 91.0 Å². The predicted octanol–water partition coefficient (Wildman–Crippen LogP) is 3.99. The van der Waals surface area contributed by atoms with Crippen molar-refractivity contribution >= 4 is 15.4 Å². The third kappa shape index (κ3) is 5.18. The summed E-state index contributed by atoms with van der Waals surface area (Å²) in [6, 6.07) is 32.5. The lowest BCUT2D eigenvalue weighted by atomic mass is 9.71. The standard InChI is InChI=1S/C20H19P.C3H6O3/c21-16-20(17-10-4-1-5-11-17,18-12-6-2-7-13-18)19-14-8-3-9-15-19;1-2-6-3(4)5/h1-15H,16,21H2;2H2,1H3,(H,4,5). The molecule has 140 valence electrons. The van der Waals surface area contributed by atoms with Gasteiger partial charge in [-0.2, -0.15) is 0 Å². The fourth-order valence-electron chi connectivity index (χ4n) is 3.22. The van der Waals surface area contributed by atoms with Crippen molar-refractivity contribution < 1.29 is 14.6 Å². The molecular weight excluding hydrogens is 355 g/mol. The summed E-state index contributed by atoms with van der Waals surface area (Å²) in [6.45, 7) is 1.75. The second kappa shape index (κ2) is 10.5. The molecule has 3 nitrogen and oxygen atoms in total. The fraction of sp³-hybridized carbons (Fsp3) is 0.174. The lowest BCUT2D eigenvalue weighted by Crippen LogP contribution is -2.31. The maximum atomic E-state index is 9.27. The molecule has 1 unspecified atom stereocenters. The zero-order valence-corrected chi connectivity index (χ0v) is 16.9. The van der Waals surface area contributed by atoms with E-state index < -0.39 is 6.16 Å². The highest BCUT2D eigenvalue weighted by Crippen LogP contribution is 2.40. The summed E-state index contributed by atoms with van der Waals surface area (Å²) in [4.78, 5) is 9.27. The van der Waals surface area contributed by atoms with Crippen LogP contribution in [0.2, 0.25) is 0 Å². The summed E-state index contributed by atoms with van der Waals surface area (Å²) >= 11 is 0. The molecule has 0 aromatic heterocycles. The van der Waals surface area contributed by atoms with Gasteiger partial charge in [-0.05, 0) is 32.9 Å². The second-order valence-electron chi connectivity index (χ2n) is 5.94. The Morgan fingerprint density at radius 2 is 1.15 bits per heavy atom. The van der Waals surface area contributed by atoms with Crippen LogP contribution in [0, 0.1) is 0 Å². The second-order valence-corrected chi connectivity index (χ2v) is 6.44. The van der Waals surface area contributed by atoms with Gasteiger partial charge in [-0.25, -0.2) is 0 Å². The molecule has 0 N–H and O–H groups in total. The lowest BCUT2D eigenvalue weighted by Gasteiger charge is -2.32. The maximum Gasteiger partial charge on any atom is 0.251 e. The molecule has 1 atom stereocenters.